The zero-order valence-electron chi connectivity index (χ0n) is 17.6. The van der Waals surface area contributed by atoms with Gasteiger partial charge in [-0.3, -0.25) is 4.79 Å². The molecule has 3 heterocycles. The smallest absolute Gasteiger partial charge is 0.276 e. The first-order valence-electron chi connectivity index (χ1n) is 10.5. The third-order valence-electron chi connectivity index (χ3n) is 6.10. The van der Waals surface area contributed by atoms with Crippen LogP contribution in [-0.2, 0) is 4.74 Å². The molecule has 0 radical (unpaired) electrons. The van der Waals surface area contributed by atoms with E-state index in [-0.39, 0.29) is 5.91 Å². The summed E-state index contributed by atoms with van der Waals surface area (Å²) in [6, 6.07) is 8.44. The number of hydrogen-bond acceptors (Lipinski definition) is 5. The molecule has 2 aromatic rings. The maximum Gasteiger partial charge on any atom is 0.276 e. The zero-order valence-corrected chi connectivity index (χ0v) is 17.6. The fourth-order valence-corrected chi connectivity index (χ4v) is 4.43. The lowest BCUT2D eigenvalue weighted by atomic mass is 10.0. The van der Waals surface area contributed by atoms with Crippen molar-refractivity contribution in [2.24, 2.45) is 0 Å². The summed E-state index contributed by atoms with van der Waals surface area (Å²) in [4.78, 5) is 22.2. The number of rotatable bonds is 4. The number of anilines is 2. The first-order valence-corrected chi connectivity index (χ1v) is 10.5. The summed E-state index contributed by atoms with van der Waals surface area (Å²) in [5.74, 6) is 0.779. The second kappa shape index (κ2) is 8.55. The van der Waals surface area contributed by atoms with Gasteiger partial charge in [0, 0.05) is 36.2 Å². The molecule has 1 N–H and O–H groups in total. The van der Waals surface area contributed by atoms with E-state index < -0.39 is 0 Å². The predicted octanol–water partition coefficient (Wildman–Crippen LogP) is 2.86. The van der Waals surface area contributed by atoms with Crippen molar-refractivity contribution in [1.82, 2.24) is 14.5 Å². The minimum Gasteiger partial charge on any atom is -0.378 e. The minimum atomic E-state index is -0.142. The number of amides is 1. The first kappa shape index (κ1) is 19.9. The van der Waals surface area contributed by atoms with Crippen molar-refractivity contribution in [3.8, 4) is 0 Å². The fraction of sp³-hybridized carbons (Fsp3) is 0.545. The highest BCUT2D eigenvalue weighted by atomic mass is 16.5. The lowest BCUT2D eigenvalue weighted by Crippen LogP contribution is -2.36. The topological polar surface area (TPSA) is 62.6 Å². The third-order valence-corrected chi connectivity index (χ3v) is 6.10. The van der Waals surface area contributed by atoms with Gasteiger partial charge in [-0.1, -0.05) is 0 Å². The largest absolute Gasteiger partial charge is 0.378 e. The Labute approximate surface area is 172 Å². The quantitative estimate of drug-likeness (QED) is 0.860. The van der Waals surface area contributed by atoms with Gasteiger partial charge in [0.15, 0.2) is 0 Å². The van der Waals surface area contributed by atoms with E-state index in [9.17, 15) is 4.79 Å². The molecule has 2 fully saturated rings. The number of morpholine rings is 1. The summed E-state index contributed by atoms with van der Waals surface area (Å²) in [6.45, 7) is 9.50. The Bertz CT molecular complexity index is 847. The highest BCUT2D eigenvalue weighted by molar-refractivity contribution is 6.03. The van der Waals surface area contributed by atoms with Gasteiger partial charge in [-0.15, -0.1) is 0 Å². The minimum absolute atomic E-state index is 0.142. The molecule has 4 rings (SSSR count). The van der Waals surface area contributed by atoms with Crippen LogP contribution in [-0.4, -0.2) is 66.8 Å². The molecule has 29 heavy (non-hydrogen) atoms. The van der Waals surface area contributed by atoms with Crippen LogP contribution in [0.15, 0.2) is 24.3 Å². The lowest BCUT2D eigenvalue weighted by Gasteiger charge is -2.31. The van der Waals surface area contributed by atoms with Gasteiger partial charge >= 0.3 is 0 Å². The number of nitrogens with zero attached hydrogens (tertiary/aromatic N) is 4. The highest BCUT2D eigenvalue weighted by Gasteiger charge is 2.25. The predicted molar refractivity (Wildman–Crippen MR) is 115 cm³/mol. The van der Waals surface area contributed by atoms with Crippen molar-refractivity contribution in [3.63, 3.8) is 0 Å². The van der Waals surface area contributed by atoms with Crippen molar-refractivity contribution in [2.75, 3.05) is 56.7 Å². The molecule has 1 aromatic heterocycles. The van der Waals surface area contributed by atoms with Crippen LogP contribution in [0, 0.1) is 13.8 Å². The molecule has 0 aliphatic carbocycles. The van der Waals surface area contributed by atoms with E-state index in [1.54, 1.807) is 0 Å². The molecular formula is C22H31N5O2. The molecule has 2 aliphatic heterocycles. The zero-order chi connectivity index (χ0) is 20.4. The van der Waals surface area contributed by atoms with Gasteiger partial charge < -0.3 is 24.4 Å². The van der Waals surface area contributed by atoms with Crippen molar-refractivity contribution in [1.29, 1.82) is 0 Å². The monoisotopic (exact) mass is 397 g/mol. The number of carbonyl (C=O) groups excluding carboxylic acids is 1. The van der Waals surface area contributed by atoms with Crippen molar-refractivity contribution >= 4 is 17.3 Å². The number of piperidine rings is 1. The highest BCUT2D eigenvalue weighted by Crippen LogP contribution is 2.27. The second-order valence-corrected chi connectivity index (χ2v) is 8.10. The number of benzene rings is 1. The van der Waals surface area contributed by atoms with Crippen LogP contribution in [0.4, 0.5) is 11.4 Å². The fourth-order valence-electron chi connectivity index (χ4n) is 4.43. The molecular weight excluding hydrogens is 366 g/mol. The molecule has 2 saturated heterocycles. The van der Waals surface area contributed by atoms with Crippen LogP contribution < -0.4 is 10.2 Å². The number of hydrogen-bond donors (Lipinski definition) is 1. The normalized spacial score (nSPS) is 18.8. The summed E-state index contributed by atoms with van der Waals surface area (Å²) in [6.07, 6.45) is 2.19. The van der Waals surface area contributed by atoms with Crippen molar-refractivity contribution < 1.29 is 9.53 Å². The van der Waals surface area contributed by atoms with Gasteiger partial charge in [0.05, 0.1) is 13.2 Å². The lowest BCUT2D eigenvalue weighted by molar-refractivity contribution is 0.102. The van der Waals surface area contributed by atoms with Gasteiger partial charge in [-0.25, -0.2) is 4.98 Å². The molecule has 0 atom stereocenters. The number of ether oxygens (including phenoxy) is 1. The summed E-state index contributed by atoms with van der Waals surface area (Å²) in [5, 5.41) is 3.01. The SMILES string of the molecule is Cc1nc(C(=O)Nc2ccc(N3CCOCC3)cc2)c(C)n1C1CCN(C)CC1. The van der Waals surface area contributed by atoms with Crippen LogP contribution in [0.3, 0.4) is 0 Å². The summed E-state index contributed by atoms with van der Waals surface area (Å²) in [7, 11) is 2.16. The Kier molecular flexibility index (Phi) is 5.87. The van der Waals surface area contributed by atoms with Gasteiger partial charge in [0.2, 0.25) is 0 Å². The second-order valence-electron chi connectivity index (χ2n) is 8.10. The molecule has 7 heteroatoms. The molecule has 7 nitrogen and oxygen atoms in total. The standard InChI is InChI=1S/C22H31N5O2/c1-16-21(23-17(2)27(16)20-8-10-25(3)11-9-20)22(28)24-18-4-6-19(7-5-18)26-12-14-29-15-13-26/h4-7,20H,8-15H2,1-3H3,(H,24,28). The van der Waals surface area contributed by atoms with E-state index in [0.717, 1.165) is 75.1 Å². The molecule has 0 unspecified atom stereocenters. The van der Waals surface area contributed by atoms with Gasteiger partial charge in [0.25, 0.3) is 5.91 Å². The van der Waals surface area contributed by atoms with E-state index in [1.807, 2.05) is 26.0 Å². The van der Waals surface area contributed by atoms with E-state index in [1.165, 1.54) is 0 Å². The average Bonchev–Trinajstić information content (AvgIpc) is 3.04. The summed E-state index contributed by atoms with van der Waals surface area (Å²) < 4.78 is 7.66. The number of nitrogens with one attached hydrogen (secondary N) is 1. The first-order chi connectivity index (χ1) is 14.0. The Morgan fingerprint density at radius 1 is 1.07 bits per heavy atom. The van der Waals surface area contributed by atoms with Crippen molar-refractivity contribution in [2.45, 2.75) is 32.7 Å². The number of aryl methyl sites for hydroxylation is 1. The number of carbonyl (C=O) groups is 1. The summed E-state index contributed by atoms with van der Waals surface area (Å²) >= 11 is 0. The van der Waals surface area contributed by atoms with Gasteiger partial charge in [0.1, 0.15) is 11.5 Å². The Balaban J connectivity index is 1.45. The molecule has 0 bridgehead atoms. The number of aromatic nitrogens is 2. The van der Waals surface area contributed by atoms with Crippen LogP contribution in [0.25, 0.3) is 0 Å². The molecule has 156 valence electrons. The van der Waals surface area contributed by atoms with Gasteiger partial charge in [-0.05, 0) is 71.1 Å². The third kappa shape index (κ3) is 4.31. The number of imidazole rings is 1. The Morgan fingerprint density at radius 3 is 2.38 bits per heavy atom. The maximum absolute atomic E-state index is 12.9. The number of likely N-dealkylation sites (tertiary alicyclic amines) is 1. The van der Waals surface area contributed by atoms with Crippen LogP contribution in [0.2, 0.25) is 0 Å². The molecule has 0 spiro atoms. The van der Waals surface area contributed by atoms with Crippen LogP contribution >= 0.6 is 0 Å². The summed E-state index contributed by atoms with van der Waals surface area (Å²) in [5.41, 5.74) is 3.43. The van der Waals surface area contributed by atoms with Crippen molar-refractivity contribution in [3.05, 3.63) is 41.5 Å². The average molecular weight is 398 g/mol. The van der Waals surface area contributed by atoms with E-state index in [0.29, 0.717) is 11.7 Å². The van der Waals surface area contributed by atoms with Crippen LogP contribution in [0.1, 0.15) is 40.9 Å². The maximum atomic E-state index is 12.9. The molecule has 1 aromatic carbocycles. The molecule has 2 aliphatic rings. The Morgan fingerprint density at radius 2 is 1.72 bits per heavy atom. The van der Waals surface area contributed by atoms with Gasteiger partial charge in [-0.2, -0.15) is 0 Å². The van der Waals surface area contributed by atoms with E-state index in [2.05, 4.69) is 43.8 Å². The molecule has 0 saturated carbocycles. The molecule has 1 amide bonds. The van der Waals surface area contributed by atoms with E-state index in [4.69, 9.17) is 4.74 Å². The Hall–Kier alpha value is -2.38. The van der Waals surface area contributed by atoms with E-state index >= 15 is 0 Å². The van der Waals surface area contributed by atoms with Crippen LogP contribution in [0.5, 0.6) is 0 Å².